The maximum Gasteiger partial charge on any atom is 0.0421 e. The van der Waals surface area contributed by atoms with Gasteiger partial charge in [-0.2, -0.15) is 0 Å². The second-order valence-electron chi connectivity index (χ2n) is 5.62. The Labute approximate surface area is 125 Å². The van der Waals surface area contributed by atoms with Gasteiger partial charge in [-0.3, -0.25) is 0 Å². The van der Waals surface area contributed by atoms with Crippen molar-refractivity contribution in [2.75, 3.05) is 11.6 Å². The van der Waals surface area contributed by atoms with Gasteiger partial charge in [0.2, 0.25) is 0 Å². The van der Waals surface area contributed by atoms with Crippen LogP contribution in [0.5, 0.6) is 0 Å². The molecule has 3 rings (SSSR count). The molecule has 1 nitrogen and oxygen atoms in total. The summed E-state index contributed by atoms with van der Waals surface area (Å²) in [5, 5.41) is 3.65. The lowest BCUT2D eigenvalue weighted by Gasteiger charge is -2.24. The Morgan fingerprint density at radius 3 is 1.80 bits per heavy atom. The van der Waals surface area contributed by atoms with E-state index in [1.54, 1.807) is 0 Å². The van der Waals surface area contributed by atoms with Gasteiger partial charge in [-0.1, -0.05) is 59.7 Å². The first-order valence-corrected chi connectivity index (χ1v) is 8.34. The minimum Gasteiger partial charge on any atom is -0.303 e. The Bertz CT molecular complexity index is 507. The summed E-state index contributed by atoms with van der Waals surface area (Å²) in [7, 11) is 0. The highest BCUT2D eigenvalue weighted by Gasteiger charge is 2.27. The number of aryl methyl sites for hydroxylation is 2. The summed E-state index contributed by atoms with van der Waals surface area (Å²) >= 11 is 2.00. The number of hydrogen-bond acceptors (Lipinski definition) is 2. The predicted octanol–water partition coefficient (Wildman–Crippen LogP) is 4.10. The Morgan fingerprint density at radius 1 is 0.900 bits per heavy atom. The molecule has 0 aromatic heterocycles. The lowest BCUT2D eigenvalue weighted by molar-refractivity contribution is 0.565. The largest absolute Gasteiger partial charge is 0.303 e. The van der Waals surface area contributed by atoms with E-state index in [0.717, 1.165) is 5.88 Å². The predicted molar refractivity (Wildman–Crippen MR) is 88.4 cm³/mol. The highest BCUT2D eigenvalue weighted by Crippen LogP contribution is 2.32. The van der Waals surface area contributed by atoms with Crippen molar-refractivity contribution in [1.82, 2.24) is 5.32 Å². The SMILES string of the molecule is Cc1ccc(C(c2ccc(C)cc2)[C@@H]2CSCN2)cc1. The summed E-state index contributed by atoms with van der Waals surface area (Å²) in [6.07, 6.45) is 0. The third-order valence-corrected chi connectivity index (χ3v) is 4.99. The normalized spacial score (nSPS) is 18.6. The van der Waals surface area contributed by atoms with Crippen LogP contribution in [0.15, 0.2) is 48.5 Å². The number of rotatable bonds is 3. The number of nitrogens with one attached hydrogen (secondary N) is 1. The van der Waals surface area contributed by atoms with Crippen LogP contribution in [-0.2, 0) is 0 Å². The molecule has 1 aliphatic heterocycles. The van der Waals surface area contributed by atoms with Gasteiger partial charge in [0.15, 0.2) is 0 Å². The second-order valence-corrected chi connectivity index (χ2v) is 6.66. The van der Waals surface area contributed by atoms with E-state index in [9.17, 15) is 0 Å². The fourth-order valence-electron chi connectivity index (χ4n) is 2.83. The number of thioether (sulfide) groups is 1. The van der Waals surface area contributed by atoms with Crippen molar-refractivity contribution in [2.24, 2.45) is 0 Å². The molecule has 0 unspecified atom stereocenters. The van der Waals surface area contributed by atoms with E-state index < -0.39 is 0 Å². The van der Waals surface area contributed by atoms with E-state index >= 15 is 0 Å². The first-order valence-electron chi connectivity index (χ1n) is 7.18. The minimum absolute atomic E-state index is 0.450. The summed E-state index contributed by atoms with van der Waals surface area (Å²) < 4.78 is 0. The summed E-state index contributed by atoms with van der Waals surface area (Å²) in [5.41, 5.74) is 5.48. The number of hydrogen-bond donors (Lipinski definition) is 1. The molecule has 0 bridgehead atoms. The quantitative estimate of drug-likeness (QED) is 0.910. The highest BCUT2D eigenvalue weighted by molar-refractivity contribution is 7.99. The van der Waals surface area contributed by atoms with Crippen LogP contribution in [0.1, 0.15) is 28.2 Å². The lowest BCUT2D eigenvalue weighted by Crippen LogP contribution is -2.31. The Kier molecular flexibility index (Phi) is 4.13. The van der Waals surface area contributed by atoms with Crippen LogP contribution >= 0.6 is 11.8 Å². The molecule has 0 amide bonds. The molecule has 2 aromatic rings. The van der Waals surface area contributed by atoms with E-state index in [-0.39, 0.29) is 0 Å². The molecule has 1 N–H and O–H groups in total. The topological polar surface area (TPSA) is 12.0 Å². The zero-order valence-electron chi connectivity index (χ0n) is 12.1. The fourth-order valence-corrected chi connectivity index (χ4v) is 3.84. The standard InChI is InChI=1S/C18H21NS/c1-13-3-7-15(8-4-13)18(17-11-20-12-19-17)16-9-5-14(2)6-10-16/h3-10,17-19H,11-12H2,1-2H3/t17-/m0/s1. The molecule has 1 fully saturated rings. The number of benzene rings is 2. The molecule has 0 spiro atoms. The Balaban J connectivity index is 1.98. The zero-order valence-corrected chi connectivity index (χ0v) is 12.9. The first-order chi connectivity index (χ1) is 9.74. The van der Waals surface area contributed by atoms with Crippen molar-refractivity contribution < 1.29 is 0 Å². The van der Waals surface area contributed by atoms with Gasteiger partial charge in [0.25, 0.3) is 0 Å². The van der Waals surface area contributed by atoms with Gasteiger partial charge >= 0.3 is 0 Å². The third-order valence-electron chi connectivity index (χ3n) is 4.02. The summed E-state index contributed by atoms with van der Waals surface area (Å²) in [4.78, 5) is 0. The molecule has 2 aromatic carbocycles. The minimum atomic E-state index is 0.450. The molecular formula is C18H21NS. The van der Waals surface area contributed by atoms with Crippen LogP contribution in [-0.4, -0.2) is 17.7 Å². The van der Waals surface area contributed by atoms with Crippen LogP contribution < -0.4 is 5.32 Å². The molecule has 0 saturated carbocycles. The molecule has 20 heavy (non-hydrogen) atoms. The smallest absolute Gasteiger partial charge is 0.0421 e. The molecule has 0 aliphatic carbocycles. The van der Waals surface area contributed by atoms with Crippen molar-refractivity contribution in [1.29, 1.82) is 0 Å². The molecule has 104 valence electrons. The summed E-state index contributed by atoms with van der Waals surface area (Å²) in [6, 6.07) is 18.5. The summed E-state index contributed by atoms with van der Waals surface area (Å²) in [6.45, 7) is 4.29. The van der Waals surface area contributed by atoms with Crippen molar-refractivity contribution in [3.8, 4) is 0 Å². The maximum atomic E-state index is 3.65. The zero-order chi connectivity index (χ0) is 13.9. The van der Waals surface area contributed by atoms with E-state index in [1.807, 2.05) is 11.8 Å². The Morgan fingerprint density at radius 2 is 1.40 bits per heavy atom. The van der Waals surface area contributed by atoms with Gasteiger partial charge in [0.1, 0.15) is 0 Å². The monoisotopic (exact) mass is 283 g/mol. The van der Waals surface area contributed by atoms with Crippen LogP contribution in [0.25, 0.3) is 0 Å². The molecule has 1 saturated heterocycles. The molecule has 1 atom stereocenters. The van der Waals surface area contributed by atoms with Gasteiger partial charge in [0.05, 0.1) is 0 Å². The second kappa shape index (κ2) is 6.02. The van der Waals surface area contributed by atoms with Crippen molar-refractivity contribution in [3.63, 3.8) is 0 Å². The van der Waals surface area contributed by atoms with E-state index in [0.29, 0.717) is 12.0 Å². The van der Waals surface area contributed by atoms with Gasteiger partial charge < -0.3 is 5.32 Å². The van der Waals surface area contributed by atoms with Crippen molar-refractivity contribution in [2.45, 2.75) is 25.8 Å². The van der Waals surface area contributed by atoms with E-state index in [1.165, 1.54) is 28.0 Å². The van der Waals surface area contributed by atoms with Gasteiger partial charge in [-0.25, -0.2) is 0 Å². The fraction of sp³-hybridized carbons (Fsp3) is 0.333. The van der Waals surface area contributed by atoms with Crippen LogP contribution in [0, 0.1) is 13.8 Å². The van der Waals surface area contributed by atoms with Gasteiger partial charge in [-0.05, 0) is 25.0 Å². The van der Waals surface area contributed by atoms with Crippen molar-refractivity contribution >= 4 is 11.8 Å². The molecule has 0 radical (unpaired) electrons. The molecular weight excluding hydrogens is 262 g/mol. The lowest BCUT2D eigenvalue weighted by atomic mass is 9.85. The van der Waals surface area contributed by atoms with Crippen LogP contribution in [0.2, 0.25) is 0 Å². The first kappa shape index (κ1) is 13.7. The van der Waals surface area contributed by atoms with Crippen LogP contribution in [0.4, 0.5) is 0 Å². The third kappa shape index (κ3) is 2.92. The molecule has 1 heterocycles. The van der Waals surface area contributed by atoms with E-state index in [2.05, 4.69) is 67.7 Å². The van der Waals surface area contributed by atoms with Gasteiger partial charge in [0, 0.05) is 23.6 Å². The summed E-state index contributed by atoms with van der Waals surface area (Å²) in [5.74, 6) is 2.71. The van der Waals surface area contributed by atoms with Crippen LogP contribution in [0.3, 0.4) is 0 Å². The average Bonchev–Trinajstić information content (AvgIpc) is 2.97. The molecule has 1 aliphatic rings. The van der Waals surface area contributed by atoms with E-state index in [4.69, 9.17) is 0 Å². The molecule has 2 heteroatoms. The van der Waals surface area contributed by atoms with Gasteiger partial charge in [-0.15, -0.1) is 11.8 Å². The highest BCUT2D eigenvalue weighted by atomic mass is 32.2. The van der Waals surface area contributed by atoms with Crippen molar-refractivity contribution in [3.05, 3.63) is 70.8 Å². The Hall–Kier alpha value is -1.25. The maximum absolute atomic E-state index is 3.65. The average molecular weight is 283 g/mol.